The molecule has 26 heavy (non-hydrogen) atoms. The summed E-state index contributed by atoms with van der Waals surface area (Å²) in [5, 5.41) is 12.5. The molecule has 0 amide bonds. The van der Waals surface area contributed by atoms with Gasteiger partial charge in [0.2, 0.25) is 0 Å². The van der Waals surface area contributed by atoms with Gasteiger partial charge in [-0.05, 0) is 24.0 Å². The second-order valence-electron chi connectivity index (χ2n) is 6.98. The number of nitrogens with zero attached hydrogens (tertiary/aromatic N) is 1. The van der Waals surface area contributed by atoms with Crippen LogP contribution in [0.4, 0.5) is 0 Å². The van der Waals surface area contributed by atoms with Crippen molar-refractivity contribution in [1.82, 2.24) is 20.3 Å². The van der Waals surface area contributed by atoms with Gasteiger partial charge >= 0.3 is 5.97 Å². The summed E-state index contributed by atoms with van der Waals surface area (Å²) in [5.74, 6) is 1.51. The van der Waals surface area contributed by atoms with Crippen molar-refractivity contribution in [3.05, 3.63) is 28.4 Å². The number of aliphatic carboxylic acids is 1. The van der Waals surface area contributed by atoms with Crippen molar-refractivity contribution in [3.8, 4) is 0 Å². The number of nitrogens with two attached hydrogens (primary N) is 1. The van der Waals surface area contributed by atoms with E-state index in [4.69, 9.17) is 10.8 Å². The molecule has 8 nitrogen and oxygen atoms in total. The molecule has 0 radical (unpaired) electrons. The summed E-state index contributed by atoms with van der Waals surface area (Å²) in [4.78, 5) is 32.6. The molecule has 6 N–H and O–H groups in total. The Morgan fingerprint density at radius 1 is 1.38 bits per heavy atom. The first-order chi connectivity index (χ1) is 12.4. The van der Waals surface area contributed by atoms with Crippen molar-refractivity contribution >= 4 is 28.8 Å². The van der Waals surface area contributed by atoms with Crippen molar-refractivity contribution in [3.63, 3.8) is 0 Å². The molecule has 0 saturated carbocycles. The van der Waals surface area contributed by atoms with E-state index in [1.807, 2.05) is 6.20 Å². The summed E-state index contributed by atoms with van der Waals surface area (Å²) in [5.41, 5.74) is 7.62. The van der Waals surface area contributed by atoms with Crippen LogP contribution in [0.1, 0.15) is 31.9 Å². The summed E-state index contributed by atoms with van der Waals surface area (Å²) in [6.45, 7) is 4.43. The zero-order chi connectivity index (χ0) is 18.8. The fourth-order valence-corrected chi connectivity index (χ4v) is 4.77. The maximum atomic E-state index is 11.9. The zero-order valence-electron chi connectivity index (χ0n) is 14.9. The molecule has 2 aromatic heterocycles. The van der Waals surface area contributed by atoms with Gasteiger partial charge in [0, 0.05) is 29.6 Å². The van der Waals surface area contributed by atoms with Gasteiger partial charge in [-0.2, -0.15) is 11.8 Å². The third-order valence-corrected chi connectivity index (χ3v) is 6.52. The van der Waals surface area contributed by atoms with E-state index >= 15 is 0 Å². The number of hydrogen-bond donors (Lipinski definition) is 5. The highest BCUT2D eigenvalue weighted by atomic mass is 32.2. The van der Waals surface area contributed by atoms with Crippen LogP contribution in [-0.4, -0.2) is 49.6 Å². The number of rotatable bonds is 7. The fraction of sp³-hybridized carbons (Fsp3) is 0.588. The number of carboxylic acid groups (broad SMARTS) is 1. The summed E-state index contributed by atoms with van der Waals surface area (Å²) in [7, 11) is 0. The van der Waals surface area contributed by atoms with E-state index in [2.05, 4.69) is 34.1 Å². The van der Waals surface area contributed by atoms with Crippen LogP contribution in [0.5, 0.6) is 0 Å². The quantitative estimate of drug-likeness (QED) is 0.454. The van der Waals surface area contributed by atoms with Gasteiger partial charge in [0.1, 0.15) is 17.1 Å². The minimum absolute atomic E-state index is 0.125. The molecule has 0 bridgehead atoms. The first kappa shape index (κ1) is 18.9. The SMILES string of the molecule is CC1C(CSCCC(N)C(=O)O)NC(c2c[nH]c3c(=O)[nH]cnc23)C1C. The Morgan fingerprint density at radius 2 is 2.15 bits per heavy atom. The van der Waals surface area contributed by atoms with E-state index in [9.17, 15) is 9.59 Å². The summed E-state index contributed by atoms with van der Waals surface area (Å²) in [6.07, 6.45) is 3.77. The predicted molar refractivity (Wildman–Crippen MR) is 102 cm³/mol. The van der Waals surface area contributed by atoms with E-state index in [1.165, 1.54) is 6.33 Å². The topological polar surface area (TPSA) is 137 Å². The van der Waals surface area contributed by atoms with E-state index in [-0.39, 0.29) is 11.6 Å². The molecular weight excluding hydrogens is 354 g/mol. The summed E-state index contributed by atoms with van der Waals surface area (Å²) in [6, 6.07) is -0.355. The molecular formula is C17H25N5O3S. The Kier molecular flexibility index (Phi) is 5.69. The van der Waals surface area contributed by atoms with Crippen molar-refractivity contribution in [2.45, 2.75) is 38.4 Å². The lowest BCUT2D eigenvalue weighted by Crippen LogP contribution is -2.32. The van der Waals surface area contributed by atoms with Crippen LogP contribution < -0.4 is 16.6 Å². The van der Waals surface area contributed by atoms with E-state index in [0.29, 0.717) is 35.3 Å². The standard InChI is InChI=1S/C17H25N5O3S/c1-8-9(2)13(10-5-19-15-14(10)20-7-21-16(15)23)22-12(8)6-26-4-3-11(18)17(24)25/h5,7-9,11-13,19,22H,3-4,6,18H2,1-2H3,(H,24,25)(H,20,21,23). The van der Waals surface area contributed by atoms with Gasteiger partial charge in [-0.15, -0.1) is 0 Å². The van der Waals surface area contributed by atoms with Crippen LogP contribution in [0.3, 0.4) is 0 Å². The van der Waals surface area contributed by atoms with E-state index in [1.54, 1.807) is 11.8 Å². The maximum Gasteiger partial charge on any atom is 0.320 e. The second kappa shape index (κ2) is 7.81. The minimum Gasteiger partial charge on any atom is -0.480 e. The molecule has 9 heteroatoms. The highest BCUT2D eigenvalue weighted by Crippen LogP contribution is 2.39. The molecule has 1 saturated heterocycles. The highest BCUT2D eigenvalue weighted by molar-refractivity contribution is 7.99. The van der Waals surface area contributed by atoms with E-state index < -0.39 is 12.0 Å². The third kappa shape index (κ3) is 3.65. The smallest absolute Gasteiger partial charge is 0.320 e. The van der Waals surface area contributed by atoms with Crippen LogP contribution in [0.2, 0.25) is 0 Å². The molecule has 1 aliphatic rings. The molecule has 142 valence electrons. The van der Waals surface area contributed by atoms with Gasteiger partial charge in [-0.25, -0.2) is 4.98 Å². The normalized spacial score (nSPS) is 27.0. The Balaban J connectivity index is 1.65. The Morgan fingerprint density at radius 3 is 2.88 bits per heavy atom. The zero-order valence-corrected chi connectivity index (χ0v) is 15.7. The van der Waals surface area contributed by atoms with Gasteiger partial charge in [-0.3, -0.25) is 9.59 Å². The minimum atomic E-state index is -0.950. The number of nitrogens with one attached hydrogen (secondary N) is 3. The molecule has 1 aliphatic heterocycles. The van der Waals surface area contributed by atoms with Crippen LogP contribution in [-0.2, 0) is 4.79 Å². The molecule has 0 spiro atoms. The Labute approximate surface area is 155 Å². The number of carboxylic acids is 1. The lowest BCUT2D eigenvalue weighted by atomic mass is 9.88. The van der Waals surface area contributed by atoms with Crippen molar-refractivity contribution in [1.29, 1.82) is 0 Å². The number of aromatic nitrogens is 3. The molecule has 3 rings (SSSR count). The lowest BCUT2D eigenvalue weighted by Gasteiger charge is -2.17. The molecule has 3 heterocycles. The first-order valence-electron chi connectivity index (χ1n) is 8.77. The summed E-state index contributed by atoms with van der Waals surface area (Å²) >= 11 is 1.72. The fourth-order valence-electron chi connectivity index (χ4n) is 3.53. The maximum absolute atomic E-state index is 11.9. The lowest BCUT2D eigenvalue weighted by molar-refractivity contribution is -0.138. The number of H-pyrrole nitrogens is 2. The average Bonchev–Trinajstić information content (AvgIpc) is 3.15. The molecule has 0 aliphatic carbocycles. The number of thioether (sulfide) groups is 1. The van der Waals surface area contributed by atoms with Crippen LogP contribution in [0, 0.1) is 11.8 Å². The van der Waals surface area contributed by atoms with Crippen molar-refractivity contribution in [2.75, 3.05) is 11.5 Å². The van der Waals surface area contributed by atoms with Crippen molar-refractivity contribution in [2.24, 2.45) is 17.6 Å². The molecule has 1 fully saturated rings. The average molecular weight is 379 g/mol. The number of carbonyl (C=O) groups is 1. The predicted octanol–water partition coefficient (Wildman–Crippen LogP) is 1.07. The molecule has 2 aromatic rings. The van der Waals surface area contributed by atoms with Crippen LogP contribution >= 0.6 is 11.8 Å². The first-order valence-corrected chi connectivity index (χ1v) is 9.92. The van der Waals surface area contributed by atoms with Gasteiger partial charge in [0.05, 0.1) is 6.33 Å². The van der Waals surface area contributed by atoms with Crippen molar-refractivity contribution < 1.29 is 9.90 Å². The van der Waals surface area contributed by atoms with Gasteiger partial charge in [-0.1, -0.05) is 13.8 Å². The Bertz CT molecular complexity index is 835. The number of aromatic amines is 2. The number of hydrogen-bond acceptors (Lipinski definition) is 6. The largest absolute Gasteiger partial charge is 0.480 e. The van der Waals surface area contributed by atoms with Gasteiger partial charge in [0.25, 0.3) is 5.56 Å². The third-order valence-electron chi connectivity index (χ3n) is 5.40. The number of fused-ring (bicyclic) bond motifs is 1. The Hall–Kier alpha value is -1.84. The van der Waals surface area contributed by atoms with E-state index in [0.717, 1.165) is 17.1 Å². The molecule has 0 aromatic carbocycles. The highest BCUT2D eigenvalue weighted by Gasteiger charge is 2.39. The monoisotopic (exact) mass is 379 g/mol. The second-order valence-corrected chi connectivity index (χ2v) is 8.13. The summed E-state index contributed by atoms with van der Waals surface area (Å²) < 4.78 is 0. The molecule has 5 atom stereocenters. The van der Waals surface area contributed by atoms with Crippen LogP contribution in [0.25, 0.3) is 11.0 Å². The van der Waals surface area contributed by atoms with Crippen LogP contribution in [0.15, 0.2) is 17.3 Å². The molecule has 5 unspecified atom stereocenters. The van der Waals surface area contributed by atoms with Gasteiger partial charge < -0.3 is 26.1 Å². The van der Waals surface area contributed by atoms with Gasteiger partial charge in [0.15, 0.2) is 0 Å².